The molecule has 3 aromatic rings. The number of aromatic amines is 1. The summed E-state index contributed by atoms with van der Waals surface area (Å²) in [5, 5.41) is 0.638. The summed E-state index contributed by atoms with van der Waals surface area (Å²) >= 11 is 6.03. The van der Waals surface area contributed by atoms with Gasteiger partial charge in [0, 0.05) is 24.4 Å². The summed E-state index contributed by atoms with van der Waals surface area (Å²) in [6, 6.07) is 11.2. The van der Waals surface area contributed by atoms with Crippen LogP contribution in [0.1, 0.15) is 24.4 Å². The van der Waals surface area contributed by atoms with Gasteiger partial charge in [0.05, 0.1) is 35.8 Å². The minimum Gasteiger partial charge on any atom is -0.376 e. The summed E-state index contributed by atoms with van der Waals surface area (Å²) < 4.78 is 5.73. The van der Waals surface area contributed by atoms with E-state index in [1.54, 1.807) is 12.3 Å². The van der Waals surface area contributed by atoms with E-state index in [0.29, 0.717) is 23.9 Å². The smallest absolute Gasteiger partial charge is 0.230 e. The number of benzene rings is 1. The molecule has 0 radical (unpaired) electrons. The van der Waals surface area contributed by atoms with E-state index in [1.165, 1.54) is 0 Å². The lowest BCUT2D eigenvalue weighted by molar-refractivity contribution is -0.132. The number of carbonyl (C=O) groups excluding carboxylic acids is 1. The van der Waals surface area contributed by atoms with Gasteiger partial charge in [-0.3, -0.25) is 9.78 Å². The Hall–Kier alpha value is -2.44. The van der Waals surface area contributed by atoms with Crippen LogP contribution >= 0.6 is 11.6 Å². The number of nitrogens with zero attached hydrogens (tertiary/aromatic N) is 3. The van der Waals surface area contributed by atoms with E-state index in [-0.39, 0.29) is 18.4 Å². The van der Waals surface area contributed by atoms with Crippen molar-refractivity contribution in [3.63, 3.8) is 0 Å². The molecule has 7 heteroatoms. The van der Waals surface area contributed by atoms with Crippen LogP contribution in [0, 0.1) is 0 Å². The van der Waals surface area contributed by atoms with Gasteiger partial charge in [-0.2, -0.15) is 0 Å². The van der Waals surface area contributed by atoms with Crippen molar-refractivity contribution in [2.45, 2.75) is 31.9 Å². The van der Waals surface area contributed by atoms with E-state index in [0.717, 1.165) is 36.2 Å². The molecule has 0 bridgehead atoms. The number of pyridine rings is 1. The molecule has 1 aliphatic rings. The molecule has 4 rings (SSSR count). The Kier molecular flexibility index (Phi) is 5.36. The van der Waals surface area contributed by atoms with E-state index in [2.05, 4.69) is 15.0 Å². The number of rotatable bonds is 6. The lowest BCUT2D eigenvalue weighted by atomic mass is 10.2. The number of carbonyl (C=O) groups is 1. The Morgan fingerprint density at radius 3 is 3.04 bits per heavy atom. The normalized spacial score (nSPS) is 16.7. The average Bonchev–Trinajstić information content (AvgIpc) is 3.31. The second-order valence-corrected chi connectivity index (χ2v) is 7.19. The van der Waals surface area contributed by atoms with Crippen LogP contribution < -0.4 is 0 Å². The molecule has 1 saturated heterocycles. The lowest BCUT2D eigenvalue weighted by Crippen LogP contribution is -2.38. The lowest BCUT2D eigenvalue weighted by Gasteiger charge is -2.25. The highest BCUT2D eigenvalue weighted by molar-refractivity contribution is 6.31. The second kappa shape index (κ2) is 8.06. The van der Waals surface area contributed by atoms with Gasteiger partial charge in [0.25, 0.3) is 0 Å². The standard InChI is InChI=1S/C20H21ClN4O2/c21-14-6-7-17-18(10-14)24-19(23-17)11-20(26)25(13-16-5-3-9-27-16)12-15-4-1-2-8-22-15/h1-2,4,6-8,10,16H,3,5,9,11-13H2,(H,23,24)/t16-/m0/s1. The summed E-state index contributed by atoms with van der Waals surface area (Å²) in [6.07, 6.45) is 4.06. The molecule has 1 aliphatic heterocycles. The molecule has 3 heterocycles. The largest absolute Gasteiger partial charge is 0.376 e. The molecule has 1 aromatic carbocycles. The van der Waals surface area contributed by atoms with Crippen LogP contribution in [0.4, 0.5) is 0 Å². The minimum atomic E-state index is 0.00121. The zero-order valence-electron chi connectivity index (χ0n) is 14.9. The van der Waals surface area contributed by atoms with Crippen molar-refractivity contribution in [3.05, 3.63) is 59.1 Å². The molecular weight excluding hydrogens is 364 g/mol. The molecule has 6 nitrogen and oxygen atoms in total. The van der Waals surface area contributed by atoms with Gasteiger partial charge < -0.3 is 14.6 Å². The Morgan fingerprint density at radius 2 is 2.26 bits per heavy atom. The zero-order valence-corrected chi connectivity index (χ0v) is 15.7. The minimum absolute atomic E-state index is 0.00121. The Bertz CT molecular complexity index is 922. The first-order chi connectivity index (χ1) is 13.2. The van der Waals surface area contributed by atoms with E-state index in [4.69, 9.17) is 16.3 Å². The van der Waals surface area contributed by atoms with Crippen LogP contribution in [0.2, 0.25) is 5.02 Å². The second-order valence-electron chi connectivity index (χ2n) is 6.75. The first-order valence-corrected chi connectivity index (χ1v) is 9.48. The fraction of sp³-hybridized carbons (Fsp3) is 0.350. The third kappa shape index (κ3) is 4.46. The van der Waals surface area contributed by atoms with Crippen molar-refractivity contribution < 1.29 is 9.53 Å². The van der Waals surface area contributed by atoms with Gasteiger partial charge in [0.15, 0.2) is 0 Å². The fourth-order valence-corrected chi connectivity index (χ4v) is 3.52. The predicted octanol–water partition coefficient (Wildman–Crippen LogP) is 3.36. The highest BCUT2D eigenvalue weighted by Crippen LogP contribution is 2.19. The van der Waals surface area contributed by atoms with Crippen LogP contribution in [0.5, 0.6) is 0 Å². The van der Waals surface area contributed by atoms with Gasteiger partial charge in [-0.05, 0) is 43.2 Å². The van der Waals surface area contributed by atoms with Crippen LogP contribution in [0.25, 0.3) is 11.0 Å². The van der Waals surface area contributed by atoms with Crippen LogP contribution in [0.15, 0.2) is 42.6 Å². The van der Waals surface area contributed by atoms with Gasteiger partial charge >= 0.3 is 0 Å². The van der Waals surface area contributed by atoms with Crippen LogP contribution in [-0.2, 0) is 22.5 Å². The third-order valence-corrected chi connectivity index (χ3v) is 4.93. The SMILES string of the molecule is O=C(Cc1nc2ccc(Cl)cc2[nH]1)N(Cc1ccccn1)C[C@@H]1CCCO1. The van der Waals surface area contributed by atoms with Crippen molar-refractivity contribution in [1.29, 1.82) is 0 Å². The first-order valence-electron chi connectivity index (χ1n) is 9.11. The number of amides is 1. The van der Waals surface area contributed by atoms with Crippen molar-refractivity contribution in [2.24, 2.45) is 0 Å². The molecule has 140 valence electrons. The number of ether oxygens (including phenoxy) is 1. The maximum atomic E-state index is 13.0. The van der Waals surface area contributed by atoms with E-state index in [1.807, 2.05) is 35.2 Å². The summed E-state index contributed by atoms with van der Waals surface area (Å²) in [5.41, 5.74) is 2.50. The molecule has 0 unspecified atom stereocenters. The van der Waals surface area contributed by atoms with Gasteiger partial charge in [-0.15, -0.1) is 0 Å². The number of aromatic nitrogens is 3. The van der Waals surface area contributed by atoms with Crippen molar-refractivity contribution in [1.82, 2.24) is 19.9 Å². The zero-order chi connectivity index (χ0) is 18.6. The van der Waals surface area contributed by atoms with E-state index >= 15 is 0 Å². The number of imidazole rings is 1. The molecule has 2 aromatic heterocycles. The van der Waals surface area contributed by atoms with Gasteiger partial charge in [-0.25, -0.2) is 4.98 Å². The number of halogens is 1. The van der Waals surface area contributed by atoms with Crippen molar-refractivity contribution >= 4 is 28.5 Å². The molecule has 0 saturated carbocycles. The number of H-pyrrole nitrogens is 1. The van der Waals surface area contributed by atoms with Gasteiger partial charge in [0.2, 0.25) is 5.91 Å². The Morgan fingerprint density at radius 1 is 1.33 bits per heavy atom. The monoisotopic (exact) mass is 384 g/mol. The number of hydrogen-bond donors (Lipinski definition) is 1. The molecule has 1 amide bonds. The molecule has 27 heavy (non-hydrogen) atoms. The van der Waals surface area contributed by atoms with Crippen LogP contribution in [-0.4, -0.2) is 45.0 Å². The van der Waals surface area contributed by atoms with Gasteiger partial charge in [-0.1, -0.05) is 17.7 Å². The number of fused-ring (bicyclic) bond motifs is 1. The molecule has 1 N–H and O–H groups in total. The topological polar surface area (TPSA) is 71.1 Å². The highest BCUT2D eigenvalue weighted by Gasteiger charge is 2.24. The number of hydrogen-bond acceptors (Lipinski definition) is 4. The van der Waals surface area contributed by atoms with Crippen molar-refractivity contribution in [3.8, 4) is 0 Å². The molecule has 1 atom stereocenters. The van der Waals surface area contributed by atoms with E-state index in [9.17, 15) is 4.79 Å². The van der Waals surface area contributed by atoms with Crippen molar-refractivity contribution in [2.75, 3.05) is 13.2 Å². The van der Waals surface area contributed by atoms with Crippen LogP contribution in [0.3, 0.4) is 0 Å². The quantitative estimate of drug-likeness (QED) is 0.707. The fourth-order valence-electron chi connectivity index (χ4n) is 3.35. The maximum absolute atomic E-state index is 13.0. The van der Waals surface area contributed by atoms with E-state index < -0.39 is 0 Å². The molecule has 0 spiro atoms. The highest BCUT2D eigenvalue weighted by atomic mass is 35.5. The average molecular weight is 385 g/mol. The predicted molar refractivity (Wildman–Crippen MR) is 103 cm³/mol. The Labute approximate surface area is 162 Å². The summed E-state index contributed by atoms with van der Waals surface area (Å²) in [5.74, 6) is 0.636. The molecule has 1 fully saturated rings. The third-order valence-electron chi connectivity index (χ3n) is 4.69. The van der Waals surface area contributed by atoms with Gasteiger partial charge in [0.1, 0.15) is 5.82 Å². The first kappa shape index (κ1) is 17.9. The molecule has 0 aliphatic carbocycles. The summed E-state index contributed by atoms with van der Waals surface area (Å²) in [6.45, 7) is 1.80. The summed E-state index contributed by atoms with van der Waals surface area (Å²) in [4.78, 5) is 26.9. The molecular formula is C20H21ClN4O2. The Balaban J connectivity index is 1.51. The number of nitrogens with one attached hydrogen (secondary N) is 1. The maximum Gasteiger partial charge on any atom is 0.230 e. The summed E-state index contributed by atoms with van der Waals surface area (Å²) in [7, 11) is 0.